The molecule has 2 amide bonds. The van der Waals surface area contributed by atoms with Gasteiger partial charge in [-0.2, -0.15) is 0 Å². The van der Waals surface area contributed by atoms with Crippen LogP contribution in [0.1, 0.15) is 33.2 Å². The fourth-order valence-electron chi connectivity index (χ4n) is 2.38. The van der Waals surface area contributed by atoms with Crippen LogP contribution in [-0.4, -0.2) is 38.6 Å². The second kappa shape index (κ2) is 9.56. The minimum absolute atomic E-state index is 0.217. The molecule has 0 bridgehead atoms. The highest BCUT2D eigenvalue weighted by Crippen LogP contribution is 2.27. The van der Waals surface area contributed by atoms with Crippen LogP contribution in [-0.2, 0) is 0 Å². The zero-order chi connectivity index (χ0) is 19.8. The van der Waals surface area contributed by atoms with E-state index in [1.165, 1.54) is 13.2 Å². The fourth-order valence-corrected chi connectivity index (χ4v) is 2.38. The van der Waals surface area contributed by atoms with Crippen molar-refractivity contribution in [2.24, 2.45) is 0 Å². The van der Waals surface area contributed by atoms with Gasteiger partial charge in [0.2, 0.25) is 0 Å². The van der Waals surface area contributed by atoms with Gasteiger partial charge >= 0.3 is 0 Å². The zero-order valence-electron chi connectivity index (χ0n) is 15.6. The average Bonchev–Trinajstić information content (AvgIpc) is 2.67. The third-order valence-corrected chi connectivity index (χ3v) is 3.86. The molecule has 2 aromatic rings. The maximum absolute atomic E-state index is 13.5. The number of carbonyl (C=O) groups excluding carboxylic acids is 2. The van der Waals surface area contributed by atoms with Crippen LogP contribution in [0.5, 0.6) is 11.5 Å². The lowest BCUT2D eigenvalue weighted by atomic mass is 10.1. The molecule has 2 rings (SSSR count). The number of benzene rings is 2. The first-order valence-electron chi connectivity index (χ1n) is 8.59. The van der Waals surface area contributed by atoms with E-state index in [9.17, 15) is 14.0 Å². The van der Waals surface area contributed by atoms with Gasteiger partial charge in [-0.05, 0) is 49.7 Å². The molecule has 0 saturated carbocycles. The Morgan fingerprint density at radius 1 is 0.963 bits per heavy atom. The predicted octanol–water partition coefficient (Wildman–Crippen LogP) is 2.70. The molecule has 144 valence electrons. The van der Waals surface area contributed by atoms with Gasteiger partial charge in [0.1, 0.15) is 5.82 Å². The smallest absolute Gasteiger partial charge is 0.251 e. The number of methoxy groups -OCH3 is 1. The highest BCUT2D eigenvalue weighted by molar-refractivity contribution is 5.95. The summed E-state index contributed by atoms with van der Waals surface area (Å²) in [6.07, 6.45) is 0. The number of hydrogen-bond acceptors (Lipinski definition) is 4. The zero-order valence-corrected chi connectivity index (χ0v) is 15.6. The standard InChI is InChI=1S/C20H23FN2O4/c1-4-27-18-12-15(7-8-17(18)26-3)20(25)23-10-9-22-19(24)14-6-5-13(2)16(21)11-14/h5-8,11-12H,4,9-10H2,1-3H3,(H,22,24)(H,23,25). The molecule has 0 aliphatic carbocycles. The minimum atomic E-state index is -0.430. The van der Waals surface area contributed by atoms with E-state index >= 15 is 0 Å². The van der Waals surface area contributed by atoms with Crippen molar-refractivity contribution in [1.82, 2.24) is 10.6 Å². The van der Waals surface area contributed by atoms with E-state index in [1.54, 1.807) is 37.3 Å². The van der Waals surface area contributed by atoms with Crippen LogP contribution in [0, 0.1) is 12.7 Å². The number of halogens is 1. The molecule has 0 aromatic heterocycles. The molecular formula is C20H23FN2O4. The topological polar surface area (TPSA) is 76.7 Å². The van der Waals surface area contributed by atoms with Crippen molar-refractivity contribution in [1.29, 1.82) is 0 Å². The number of carbonyl (C=O) groups is 2. The summed E-state index contributed by atoms with van der Waals surface area (Å²) < 4.78 is 24.1. The van der Waals surface area contributed by atoms with E-state index in [2.05, 4.69) is 10.6 Å². The molecule has 6 nitrogen and oxygen atoms in total. The van der Waals surface area contributed by atoms with Crippen LogP contribution in [0.3, 0.4) is 0 Å². The first kappa shape index (κ1) is 20.2. The van der Waals surface area contributed by atoms with Gasteiger partial charge in [-0.1, -0.05) is 6.07 Å². The van der Waals surface area contributed by atoms with Crippen molar-refractivity contribution in [2.45, 2.75) is 13.8 Å². The van der Waals surface area contributed by atoms with Crippen LogP contribution in [0.4, 0.5) is 4.39 Å². The van der Waals surface area contributed by atoms with E-state index in [-0.39, 0.29) is 24.6 Å². The Labute approximate surface area is 157 Å². The third kappa shape index (κ3) is 5.44. The number of aryl methyl sites for hydroxylation is 1. The lowest BCUT2D eigenvalue weighted by Gasteiger charge is -2.11. The summed E-state index contributed by atoms with van der Waals surface area (Å²) in [4.78, 5) is 24.2. The van der Waals surface area contributed by atoms with Crippen LogP contribution < -0.4 is 20.1 Å². The van der Waals surface area contributed by atoms with Gasteiger partial charge in [0.25, 0.3) is 11.8 Å². The largest absolute Gasteiger partial charge is 0.493 e. The molecule has 0 aliphatic heterocycles. The molecule has 27 heavy (non-hydrogen) atoms. The summed E-state index contributed by atoms with van der Waals surface area (Å²) in [6.45, 7) is 4.37. The van der Waals surface area contributed by atoms with Gasteiger partial charge in [0.05, 0.1) is 13.7 Å². The molecule has 0 heterocycles. The Morgan fingerprint density at radius 3 is 2.11 bits per heavy atom. The Bertz CT molecular complexity index is 824. The molecular weight excluding hydrogens is 351 g/mol. The van der Waals surface area contributed by atoms with Crippen LogP contribution in [0.25, 0.3) is 0 Å². The number of nitrogens with one attached hydrogen (secondary N) is 2. The summed E-state index contributed by atoms with van der Waals surface area (Å²) in [6, 6.07) is 9.18. The molecule has 0 unspecified atom stereocenters. The Kier molecular flexibility index (Phi) is 7.16. The molecule has 7 heteroatoms. The Hall–Kier alpha value is -3.09. The van der Waals surface area contributed by atoms with E-state index in [4.69, 9.17) is 9.47 Å². The molecule has 2 N–H and O–H groups in total. The summed E-state index contributed by atoms with van der Waals surface area (Å²) in [5.74, 6) is -0.0885. The van der Waals surface area contributed by atoms with Gasteiger partial charge in [-0.25, -0.2) is 4.39 Å². The number of amides is 2. The van der Waals surface area contributed by atoms with Crippen molar-refractivity contribution in [3.8, 4) is 11.5 Å². The van der Waals surface area contributed by atoms with Crippen molar-refractivity contribution >= 4 is 11.8 Å². The van der Waals surface area contributed by atoms with E-state index in [0.717, 1.165) is 0 Å². The Balaban J connectivity index is 1.86. The van der Waals surface area contributed by atoms with E-state index in [0.29, 0.717) is 29.2 Å². The number of ether oxygens (including phenoxy) is 2. The highest BCUT2D eigenvalue weighted by atomic mass is 19.1. The molecule has 0 saturated heterocycles. The molecule has 2 aromatic carbocycles. The van der Waals surface area contributed by atoms with Crippen molar-refractivity contribution in [3.63, 3.8) is 0 Å². The lowest BCUT2D eigenvalue weighted by Crippen LogP contribution is -2.34. The van der Waals surface area contributed by atoms with Crippen molar-refractivity contribution in [3.05, 3.63) is 58.9 Å². The van der Waals surface area contributed by atoms with Gasteiger partial charge in [0, 0.05) is 24.2 Å². The highest BCUT2D eigenvalue weighted by Gasteiger charge is 2.11. The molecule has 0 fully saturated rings. The number of hydrogen-bond donors (Lipinski definition) is 2. The first-order chi connectivity index (χ1) is 13.0. The fraction of sp³-hybridized carbons (Fsp3) is 0.300. The second-order valence-corrected chi connectivity index (χ2v) is 5.77. The van der Waals surface area contributed by atoms with E-state index < -0.39 is 11.7 Å². The van der Waals surface area contributed by atoms with E-state index in [1.807, 2.05) is 6.92 Å². The summed E-state index contributed by atoms with van der Waals surface area (Å²) in [5, 5.41) is 5.35. The summed E-state index contributed by atoms with van der Waals surface area (Å²) >= 11 is 0. The number of rotatable bonds is 8. The van der Waals surface area contributed by atoms with Gasteiger partial charge in [-0.15, -0.1) is 0 Å². The third-order valence-electron chi connectivity index (χ3n) is 3.86. The molecule has 0 radical (unpaired) electrons. The quantitative estimate of drug-likeness (QED) is 0.697. The normalized spacial score (nSPS) is 10.2. The van der Waals surface area contributed by atoms with Crippen molar-refractivity contribution in [2.75, 3.05) is 26.8 Å². The summed E-state index contributed by atoms with van der Waals surface area (Å²) in [5.41, 5.74) is 1.14. The minimum Gasteiger partial charge on any atom is -0.493 e. The maximum atomic E-state index is 13.5. The molecule has 0 spiro atoms. The molecule has 0 atom stereocenters. The lowest BCUT2D eigenvalue weighted by molar-refractivity contribution is 0.0927. The maximum Gasteiger partial charge on any atom is 0.251 e. The monoisotopic (exact) mass is 374 g/mol. The van der Waals surface area contributed by atoms with Crippen LogP contribution in [0.2, 0.25) is 0 Å². The summed E-state index contributed by atoms with van der Waals surface area (Å²) in [7, 11) is 1.53. The average molecular weight is 374 g/mol. The van der Waals surface area contributed by atoms with Crippen molar-refractivity contribution < 1.29 is 23.5 Å². The van der Waals surface area contributed by atoms with Gasteiger partial charge in [-0.3, -0.25) is 9.59 Å². The van der Waals surface area contributed by atoms with Crippen LogP contribution >= 0.6 is 0 Å². The SMILES string of the molecule is CCOc1cc(C(=O)NCCNC(=O)c2ccc(C)c(F)c2)ccc1OC. The first-order valence-corrected chi connectivity index (χ1v) is 8.59. The Morgan fingerprint density at radius 2 is 1.56 bits per heavy atom. The van der Waals surface area contributed by atoms with Crippen LogP contribution in [0.15, 0.2) is 36.4 Å². The van der Waals surface area contributed by atoms with Gasteiger partial charge in [0.15, 0.2) is 11.5 Å². The molecule has 0 aliphatic rings. The second-order valence-electron chi connectivity index (χ2n) is 5.77. The van der Waals surface area contributed by atoms with Gasteiger partial charge < -0.3 is 20.1 Å². The predicted molar refractivity (Wildman–Crippen MR) is 100.0 cm³/mol.